The smallest absolute Gasteiger partial charge is 0.284 e. The SMILES string of the molecule is COc1cc([N+](=O)[O-])c(C(=O)CCl)cc1C#N. The number of nitrogens with zero attached hydrogens (tertiary/aromatic N) is 2. The number of carbonyl (C=O) groups is 1. The number of Topliss-reactive ketones (excluding diaryl/α,β-unsaturated/α-hetero) is 1. The molecule has 17 heavy (non-hydrogen) atoms. The molecular weight excluding hydrogens is 248 g/mol. The Morgan fingerprint density at radius 3 is 2.71 bits per heavy atom. The van der Waals surface area contributed by atoms with Crippen molar-refractivity contribution in [3.05, 3.63) is 33.4 Å². The monoisotopic (exact) mass is 254 g/mol. The number of alkyl halides is 1. The molecule has 0 saturated heterocycles. The highest BCUT2D eigenvalue weighted by atomic mass is 35.5. The first kappa shape index (κ1) is 12.9. The number of methoxy groups -OCH3 is 1. The van der Waals surface area contributed by atoms with E-state index >= 15 is 0 Å². The summed E-state index contributed by atoms with van der Waals surface area (Å²) < 4.78 is 4.82. The van der Waals surface area contributed by atoms with E-state index in [4.69, 9.17) is 21.6 Å². The molecule has 0 heterocycles. The molecule has 0 aliphatic rings. The first-order valence-electron chi connectivity index (χ1n) is 4.40. The van der Waals surface area contributed by atoms with Crippen LogP contribution < -0.4 is 4.74 Å². The Morgan fingerprint density at radius 2 is 2.29 bits per heavy atom. The zero-order valence-electron chi connectivity index (χ0n) is 8.77. The first-order valence-corrected chi connectivity index (χ1v) is 4.94. The molecule has 0 fully saturated rings. The van der Waals surface area contributed by atoms with Crippen LogP contribution in [0, 0.1) is 21.4 Å². The molecule has 0 spiro atoms. The van der Waals surface area contributed by atoms with Crippen LogP contribution in [0.3, 0.4) is 0 Å². The van der Waals surface area contributed by atoms with Gasteiger partial charge in [-0.1, -0.05) is 0 Å². The van der Waals surface area contributed by atoms with Crippen molar-refractivity contribution >= 4 is 23.1 Å². The predicted molar refractivity (Wildman–Crippen MR) is 59.4 cm³/mol. The van der Waals surface area contributed by atoms with Gasteiger partial charge in [0.2, 0.25) is 0 Å². The molecule has 0 radical (unpaired) electrons. The van der Waals surface area contributed by atoms with Crippen molar-refractivity contribution in [2.75, 3.05) is 13.0 Å². The van der Waals surface area contributed by atoms with E-state index in [1.807, 2.05) is 0 Å². The molecule has 0 saturated carbocycles. The van der Waals surface area contributed by atoms with Crippen LogP contribution in [-0.2, 0) is 0 Å². The number of nitro groups is 1. The van der Waals surface area contributed by atoms with Crippen LogP contribution in [0.4, 0.5) is 5.69 Å². The van der Waals surface area contributed by atoms with E-state index < -0.39 is 22.3 Å². The topological polar surface area (TPSA) is 93.2 Å². The average Bonchev–Trinajstić information content (AvgIpc) is 2.35. The summed E-state index contributed by atoms with van der Waals surface area (Å²) >= 11 is 5.35. The average molecular weight is 255 g/mol. The van der Waals surface area contributed by atoms with E-state index in [-0.39, 0.29) is 16.9 Å². The molecule has 0 aliphatic heterocycles. The maximum absolute atomic E-state index is 11.4. The van der Waals surface area contributed by atoms with Crippen LogP contribution in [0.15, 0.2) is 12.1 Å². The van der Waals surface area contributed by atoms with Gasteiger partial charge in [0.05, 0.1) is 35.1 Å². The summed E-state index contributed by atoms with van der Waals surface area (Å²) in [6.45, 7) is 0. The Balaban J connectivity index is 3.52. The lowest BCUT2D eigenvalue weighted by Gasteiger charge is -2.05. The minimum atomic E-state index is -0.719. The van der Waals surface area contributed by atoms with Gasteiger partial charge in [0.15, 0.2) is 5.78 Å². The van der Waals surface area contributed by atoms with Crippen LogP contribution >= 0.6 is 11.6 Å². The van der Waals surface area contributed by atoms with Crippen molar-refractivity contribution in [2.24, 2.45) is 0 Å². The van der Waals surface area contributed by atoms with Gasteiger partial charge in [-0.05, 0) is 6.07 Å². The Kier molecular flexibility index (Phi) is 4.01. The maximum atomic E-state index is 11.4. The number of carbonyl (C=O) groups excluding carboxylic acids is 1. The predicted octanol–water partition coefficient (Wildman–Crippen LogP) is 1.90. The van der Waals surface area contributed by atoms with E-state index in [1.165, 1.54) is 7.11 Å². The fourth-order valence-corrected chi connectivity index (χ4v) is 1.42. The van der Waals surface area contributed by atoms with Crippen molar-refractivity contribution in [1.29, 1.82) is 5.26 Å². The van der Waals surface area contributed by atoms with Crippen LogP contribution in [0.5, 0.6) is 5.75 Å². The lowest BCUT2D eigenvalue weighted by Crippen LogP contribution is -2.06. The summed E-state index contributed by atoms with van der Waals surface area (Å²) in [5.74, 6) is -0.958. The molecule has 88 valence electrons. The quantitative estimate of drug-likeness (QED) is 0.354. The molecule has 1 aromatic carbocycles. The van der Waals surface area contributed by atoms with Gasteiger partial charge in [-0.3, -0.25) is 14.9 Å². The van der Waals surface area contributed by atoms with E-state index in [9.17, 15) is 14.9 Å². The first-order chi connectivity index (χ1) is 8.04. The molecule has 0 aliphatic carbocycles. The van der Waals surface area contributed by atoms with Gasteiger partial charge >= 0.3 is 0 Å². The number of nitriles is 1. The summed E-state index contributed by atoms with van der Waals surface area (Å²) in [4.78, 5) is 21.5. The number of rotatable bonds is 4. The number of ether oxygens (including phenoxy) is 1. The van der Waals surface area contributed by atoms with Gasteiger partial charge < -0.3 is 4.74 Å². The van der Waals surface area contributed by atoms with Crippen molar-refractivity contribution in [2.45, 2.75) is 0 Å². The third-order valence-corrected chi connectivity index (χ3v) is 2.30. The summed E-state index contributed by atoms with van der Waals surface area (Å²) in [6, 6.07) is 3.94. The third-order valence-electron chi connectivity index (χ3n) is 2.06. The summed E-state index contributed by atoms with van der Waals surface area (Å²) in [5.41, 5.74) is -0.569. The van der Waals surface area contributed by atoms with E-state index in [0.717, 1.165) is 12.1 Å². The van der Waals surface area contributed by atoms with Gasteiger partial charge in [0.1, 0.15) is 11.8 Å². The van der Waals surface area contributed by atoms with Crippen molar-refractivity contribution < 1.29 is 14.5 Å². The number of benzene rings is 1. The lowest BCUT2D eigenvalue weighted by atomic mass is 10.1. The molecular formula is C10H7ClN2O4. The minimum absolute atomic E-state index is 0.0466. The van der Waals surface area contributed by atoms with Crippen LogP contribution in [0.25, 0.3) is 0 Å². The Bertz CT molecular complexity index is 522. The Labute approximate surface area is 102 Å². The molecule has 1 rings (SSSR count). The third kappa shape index (κ3) is 2.52. The van der Waals surface area contributed by atoms with Crippen molar-refractivity contribution in [3.63, 3.8) is 0 Å². The van der Waals surface area contributed by atoms with E-state index in [0.29, 0.717) is 0 Å². The Hall–Kier alpha value is -2.13. The number of hydrogen-bond donors (Lipinski definition) is 0. The zero-order valence-corrected chi connectivity index (χ0v) is 9.52. The van der Waals surface area contributed by atoms with E-state index in [2.05, 4.69) is 0 Å². The van der Waals surface area contributed by atoms with Crippen molar-refractivity contribution in [1.82, 2.24) is 0 Å². The Morgan fingerprint density at radius 1 is 1.65 bits per heavy atom. The largest absolute Gasteiger partial charge is 0.495 e. The van der Waals surface area contributed by atoms with Gasteiger partial charge in [0, 0.05) is 0 Å². The molecule has 0 amide bonds. The molecule has 6 nitrogen and oxygen atoms in total. The van der Waals surface area contributed by atoms with Gasteiger partial charge in [-0.25, -0.2) is 0 Å². The molecule has 0 aromatic heterocycles. The normalized spacial score (nSPS) is 9.47. The highest BCUT2D eigenvalue weighted by molar-refractivity contribution is 6.31. The second-order valence-corrected chi connectivity index (χ2v) is 3.26. The second kappa shape index (κ2) is 5.27. The number of nitro benzene ring substituents is 1. The lowest BCUT2D eigenvalue weighted by molar-refractivity contribution is -0.385. The van der Waals surface area contributed by atoms with Gasteiger partial charge in [0.25, 0.3) is 5.69 Å². The van der Waals surface area contributed by atoms with Crippen molar-refractivity contribution in [3.8, 4) is 11.8 Å². The van der Waals surface area contributed by atoms with Crippen LogP contribution in [0.2, 0.25) is 0 Å². The van der Waals surface area contributed by atoms with E-state index in [1.54, 1.807) is 6.07 Å². The summed E-state index contributed by atoms with van der Waals surface area (Å²) in [5, 5.41) is 19.6. The molecule has 0 N–H and O–H groups in total. The zero-order chi connectivity index (χ0) is 13.0. The highest BCUT2D eigenvalue weighted by Crippen LogP contribution is 2.29. The standard InChI is InChI=1S/C10H7ClN2O4/c1-17-10-3-8(13(15)16)7(9(14)4-11)2-6(10)5-12/h2-3H,4H2,1H3. The van der Waals surface area contributed by atoms with Crippen LogP contribution in [-0.4, -0.2) is 23.7 Å². The summed E-state index contributed by atoms with van der Waals surface area (Å²) in [6.07, 6.45) is 0. The molecule has 0 bridgehead atoms. The van der Waals surface area contributed by atoms with Crippen LogP contribution in [0.1, 0.15) is 15.9 Å². The number of halogens is 1. The molecule has 7 heteroatoms. The number of hydrogen-bond acceptors (Lipinski definition) is 5. The summed E-state index contributed by atoms with van der Waals surface area (Å²) in [7, 11) is 1.28. The van der Waals surface area contributed by atoms with Gasteiger partial charge in [-0.2, -0.15) is 5.26 Å². The number of ketones is 1. The fraction of sp³-hybridized carbons (Fsp3) is 0.200. The maximum Gasteiger partial charge on any atom is 0.284 e. The molecule has 0 atom stereocenters. The molecule has 1 aromatic rings. The minimum Gasteiger partial charge on any atom is -0.495 e. The second-order valence-electron chi connectivity index (χ2n) is 3.00. The molecule has 0 unspecified atom stereocenters. The fourth-order valence-electron chi connectivity index (χ4n) is 1.27. The highest BCUT2D eigenvalue weighted by Gasteiger charge is 2.23. The van der Waals surface area contributed by atoms with Gasteiger partial charge in [-0.15, -0.1) is 11.6 Å².